The van der Waals surface area contributed by atoms with Gasteiger partial charge >= 0.3 is 0 Å². The fourth-order valence-electron chi connectivity index (χ4n) is 4.68. The summed E-state index contributed by atoms with van der Waals surface area (Å²) < 4.78 is 0. The zero-order valence-corrected chi connectivity index (χ0v) is 18.2. The van der Waals surface area contributed by atoms with Gasteiger partial charge in [-0.05, 0) is 31.7 Å². The molecule has 1 aromatic carbocycles. The van der Waals surface area contributed by atoms with Crippen molar-refractivity contribution in [1.29, 1.82) is 0 Å². The third-order valence-electron chi connectivity index (χ3n) is 6.39. The predicted molar refractivity (Wildman–Crippen MR) is 119 cm³/mol. The predicted octanol–water partition coefficient (Wildman–Crippen LogP) is 2.83. The molecule has 0 radical (unpaired) electrons. The lowest BCUT2D eigenvalue weighted by atomic mass is 9.94. The maximum atomic E-state index is 11.9. The molecule has 1 aliphatic carbocycles. The van der Waals surface area contributed by atoms with Gasteiger partial charge in [0.25, 0.3) is 0 Å². The summed E-state index contributed by atoms with van der Waals surface area (Å²) in [4.78, 5) is 18.3. The SMILES string of the molecule is CCC(=O)N1CCC(NC(=NC)NCC2(NC(C)c3ccccc3)CCCC2)C1. The van der Waals surface area contributed by atoms with Crippen LogP contribution in [0.2, 0.25) is 0 Å². The van der Waals surface area contributed by atoms with E-state index in [2.05, 4.69) is 58.2 Å². The molecule has 2 fully saturated rings. The number of carbonyl (C=O) groups is 1. The molecule has 0 aromatic heterocycles. The molecule has 1 aliphatic heterocycles. The van der Waals surface area contributed by atoms with Gasteiger partial charge in [0.05, 0.1) is 0 Å². The molecule has 1 saturated heterocycles. The van der Waals surface area contributed by atoms with Crippen LogP contribution in [-0.4, -0.2) is 55.0 Å². The number of rotatable bonds is 7. The van der Waals surface area contributed by atoms with Crippen LogP contribution in [0, 0.1) is 0 Å². The van der Waals surface area contributed by atoms with Crippen molar-refractivity contribution in [2.24, 2.45) is 4.99 Å². The van der Waals surface area contributed by atoms with E-state index in [0.717, 1.165) is 32.0 Å². The number of likely N-dealkylation sites (tertiary alicyclic amines) is 1. The van der Waals surface area contributed by atoms with Gasteiger partial charge in [0.2, 0.25) is 5.91 Å². The highest BCUT2D eigenvalue weighted by Gasteiger charge is 2.35. The van der Waals surface area contributed by atoms with Crippen molar-refractivity contribution in [3.8, 4) is 0 Å². The largest absolute Gasteiger partial charge is 0.355 e. The Balaban J connectivity index is 1.54. The molecule has 3 N–H and O–H groups in total. The van der Waals surface area contributed by atoms with E-state index in [0.29, 0.717) is 12.5 Å². The standard InChI is InChI=1S/C23H37N5O/c1-4-21(29)28-15-12-20(16-28)26-22(24-3)25-17-23(13-8-9-14-23)27-18(2)19-10-6-5-7-11-19/h5-7,10-11,18,20,27H,4,8-9,12-17H2,1-3H3,(H2,24,25,26). The zero-order valence-electron chi connectivity index (χ0n) is 18.2. The lowest BCUT2D eigenvalue weighted by Crippen LogP contribution is -2.55. The molecule has 2 atom stereocenters. The van der Waals surface area contributed by atoms with E-state index in [-0.39, 0.29) is 17.5 Å². The number of nitrogens with one attached hydrogen (secondary N) is 3. The van der Waals surface area contributed by atoms with Crippen molar-refractivity contribution in [2.75, 3.05) is 26.7 Å². The van der Waals surface area contributed by atoms with Gasteiger partial charge in [-0.25, -0.2) is 0 Å². The molecular formula is C23H37N5O. The van der Waals surface area contributed by atoms with Gasteiger partial charge in [-0.2, -0.15) is 0 Å². The Morgan fingerprint density at radius 1 is 1.28 bits per heavy atom. The minimum absolute atomic E-state index is 0.0900. The fourth-order valence-corrected chi connectivity index (χ4v) is 4.68. The van der Waals surface area contributed by atoms with E-state index in [1.54, 1.807) is 0 Å². The molecular weight excluding hydrogens is 362 g/mol. The van der Waals surface area contributed by atoms with Gasteiger partial charge < -0.3 is 20.9 Å². The molecule has 6 heteroatoms. The first kappa shape index (κ1) is 21.6. The van der Waals surface area contributed by atoms with Gasteiger partial charge in [-0.3, -0.25) is 9.79 Å². The van der Waals surface area contributed by atoms with Gasteiger partial charge in [0, 0.05) is 50.7 Å². The number of guanidine groups is 1. The molecule has 1 aromatic rings. The van der Waals surface area contributed by atoms with Crippen molar-refractivity contribution in [3.05, 3.63) is 35.9 Å². The van der Waals surface area contributed by atoms with Gasteiger partial charge in [-0.15, -0.1) is 0 Å². The van der Waals surface area contributed by atoms with Gasteiger partial charge in [-0.1, -0.05) is 50.1 Å². The highest BCUT2D eigenvalue weighted by Crippen LogP contribution is 2.31. The van der Waals surface area contributed by atoms with Crippen LogP contribution >= 0.6 is 0 Å². The maximum Gasteiger partial charge on any atom is 0.222 e. The Labute approximate surface area is 175 Å². The first-order valence-corrected chi connectivity index (χ1v) is 11.1. The maximum absolute atomic E-state index is 11.9. The Hall–Kier alpha value is -2.08. The molecule has 0 spiro atoms. The number of benzene rings is 1. The van der Waals surface area contributed by atoms with E-state index in [1.807, 2.05) is 18.9 Å². The van der Waals surface area contributed by atoms with Crippen LogP contribution in [0.25, 0.3) is 0 Å². The molecule has 2 aliphatic rings. The highest BCUT2D eigenvalue weighted by atomic mass is 16.2. The average molecular weight is 400 g/mol. The second kappa shape index (κ2) is 10.1. The lowest BCUT2D eigenvalue weighted by molar-refractivity contribution is -0.129. The Bertz CT molecular complexity index is 684. The summed E-state index contributed by atoms with van der Waals surface area (Å²) in [7, 11) is 1.82. The number of hydrogen-bond donors (Lipinski definition) is 3. The quantitative estimate of drug-likeness (QED) is 0.487. The zero-order chi connectivity index (χ0) is 20.7. The van der Waals surface area contributed by atoms with Gasteiger partial charge in [0.15, 0.2) is 5.96 Å². The average Bonchev–Trinajstić information content (AvgIpc) is 3.41. The van der Waals surface area contributed by atoms with Crippen molar-refractivity contribution in [2.45, 2.75) is 70.0 Å². The molecule has 1 heterocycles. The van der Waals surface area contributed by atoms with Gasteiger partial charge in [0.1, 0.15) is 0 Å². The number of amides is 1. The molecule has 29 heavy (non-hydrogen) atoms. The molecule has 0 bridgehead atoms. The first-order chi connectivity index (χ1) is 14.0. The van der Waals surface area contributed by atoms with Crippen LogP contribution < -0.4 is 16.0 Å². The summed E-state index contributed by atoms with van der Waals surface area (Å²) in [5.41, 5.74) is 1.42. The van der Waals surface area contributed by atoms with Crippen molar-refractivity contribution in [1.82, 2.24) is 20.9 Å². The van der Waals surface area contributed by atoms with Crippen LogP contribution in [0.3, 0.4) is 0 Å². The van der Waals surface area contributed by atoms with Crippen molar-refractivity contribution >= 4 is 11.9 Å². The third-order valence-corrected chi connectivity index (χ3v) is 6.39. The monoisotopic (exact) mass is 399 g/mol. The summed E-state index contributed by atoms with van der Waals surface area (Å²) >= 11 is 0. The molecule has 6 nitrogen and oxygen atoms in total. The number of nitrogens with zero attached hydrogens (tertiary/aromatic N) is 2. The second-order valence-corrected chi connectivity index (χ2v) is 8.51. The second-order valence-electron chi connectivity index (χ2n) is 8.51. The normalized spacial score (nSPS) is 22.5. The molecule has 3 rings (SSSR count). The first-order valence-electron chi connectivity index (χ1n) is 11.1. The Kier molecular flexibility index (Phi) is 7.53. The van der Waals surface area contributed by atoms with E-state index < -0.39 is 0 Å². The highest BCUT2D eigenvalue weighted by molar-refractivity contribution is 5.80. The topological polar surface area (TPSA) is 68.8 Å². The summed E-state index contributed by atoms with van der Waals surface area (Å²) in [5.74, 6) is 1.07. The minimum atomic E-state index is 0.0900. The fraction of sp³-hybridized carbons (Fsp3) is 0.652. The number of carbonyl (C=O) groups excluding carboxylic acids is 1. The van der Waals surface area contributed by atoms with Crippen LogP contribution in [-0.2, 0) is 4.79 Å². The van der Waals surface area contributed by atoms with Crippen molar-refractivity contribution in [3.63, 3.8) is 0 Å². The third kappa shape index (κ3) is 5.72. The van der Waals surface area contributed by atoms with E-state index in [1.165, 1.54) is 31.2 Å². The molecule has 160 valence electrons. The molecule has 2 unspecified atom stereocenters. The minimum Gasteiger partial charge on any atom is -0.355 e. The van der Waals surface area contributed by atoms with Crippen LogP contribution in [0.5, 0.6) is 0 Å². The van der Waals surface area contributed by atoms with E-state index in [9.17, 15) is 4.79 Å². The van der Waals surface area contributed by atoms with Crippen LogP contribution in [0.4, 0.5) is 0 Å². The van der Waals surface area contributed by atoms with Crippen LogP contribution in [0.1, 0.15) is 64.0 Å². The summed E-state index contributed by atoms with van der Waals surface area (Å²) in [5, 5.41) is 11.0. The number of aliphatic imine (C=N–C) groups is 1. The Morgan fingerprint density at radius 3 is 2.66 bits per heavy atom. The van der Waals surface area contributed by atoms with Crippen LogP contribution in [0.15, 0.2) is 35.3 Å². The Morgan fingerprint density at radius 2 is 2.00 bits per heavy atom. The summed E-state index contributed by atoms with van der Waals surface area (Å²) in [6, 6.07) is 11.2. The van der Waals surface area contributed by atoms with E-state index >= 15 is 0 Å². The van der Waals surface area contributed by atoms with E-state index in [4.69, 9.17) is 0 Å². The summed E-state index contributed by atoms with van der Waals surface area (Å²) in [6.07, 6.45) is 6.43. The number of hydrogen-bond acceptors (Lipinski definition) is 3. The molecule has 1 saturated carbocycles. The van der Waals surface area contributed by atoms with Crippen molar-refractivity contribution < 1.29 is 4.79 Å². The lowest BCUT2D eigenvalue weighted by Gasteiger charge is -2.35. The summed E-state index contributed by atoms with van der Waals surface area (Å²) in [6.45, 7) is 6.63. The smallest absolute Gasteiger partial charge is 0.222 e. The molecule has 1 amide bonds.